The van der Waals surface area contributed by atoms with Crippen molar-refractivity contribution in [2.45, 2.75) is 32.7 Å². The van der Waals surface area contributed by atoms with Gasteiger partial charge in [-0.3, -0.25) is 0 Å². The number of carboxylic acids is 1. The van der Waals surface area contributed by atoms with Crippen LogP contribution in [0.15, 0.2) is 12.1 Å². The Hall–Kier alpha value is -1.25. The van der Waals surface area contributed by atoms with Crippen molar-refractivity contribution in [1.29, 1.82) is 0 Å². The molecule has 1 N–H and O–H groups in total. The summed E-state index contributed by atoms with van der Waals surface area (Å²) in [4.78, 5) is 11.2. The molecule has 0 aliphatic heterocycles. The van der Waals surface area contributed by atoms with Crippen molar-refractivity contribution in [1.82, 2.24) is 4.57 Å². The Labute approximate surface area is 83.4 Å². The number of aromatic nitrogens is 1. The maximum absolute atomic E-state index is 11.2. The third kappa shape index (κ3) is 1.43. The normalized spacial score (nSPS) is 18.1. The van der Waals surface area contributed by atoms with E-state index in [9.17, 15) is 9.90 Å². The van der Waals surface area contributed by atoms with Crippen LogP contribution >= 0.6 is 0 Å². The summed E-state index contributed by atoms with van der Waals surface area (Å²) in [5, 5.41) is 9.18. The Morgan fingerprint density at radius 3 is 2.29 bits per heavy atom. The van der Waals surface area contributed by atoms with Crippen molar-refractivity contribution in [3.63, 3.8) is 0 Å². The Balaban J connectivity index is 2.39. The van der Waals surface area contributed by atoms with Gasteiger partial charge in [0.15, 0.2) is 0 Å². The van der Waals surface area contributed by atoms with Crippen LogP contribution in [0.3, 0.4) is 0 Å². The monoisotopic (exact) mass is 193 g/mol. The molecule has 1 aliphatic rings. The maximum atomic E-state index is 11.2. The molecule has 14 heavy (non-hydrogen) atoms. The zero-order valence-corrected chi connectivity index (χ0v) is 8.53. The molecule has 76 valence electrons. The van der Waals surface area contributed by atoms with E-state index in [0.717, 1.165) is 24.2 Å². The molecule has 1 atom stereocenters. The van der Waals surface area contributed by atoms with E-state index in [1.54, 1.807) is 0 Å². The van der Waals surface area contributed by atoms with Gasteiger partial charge >= 0.3 is 5.97 Å². The molecule has 0 aromatic carbocycles. The molecular formula is C11H15NO2. The molecule has 2 rings (SSSR count). The molecule has 0 saturated heterocycles. The number of carboxylic acid groups (broad SMARTS) is 1. The molecule has 0 bridgehead atoms. The van der Waals surface area contributed by atoms with Gasteiger partial charge in [0.25, 0.3) is 0 Å². The average Bonchev–Trinajstić information content (AvgIpc) is 2.87. The smallest absolute Gasteiger partial charge is 0.326 e. The van der Waals surface area contributed by atoms with E-state index in [2.05, 4.69) is 0 Å². The molecule has 1 fully saturated rings. The Bertz CT molecular complexity index is 344. The highest BCUT2D eigenvalue weighted by molar-refractivity contribution is 5.73. The second-order valence-electron chi connectivity index (χ2n) is 4.11. The van der Waals surface area contributed by atoms with Crippen molar-refractivity contribution in [2.75, 3.05) is 0 Å². The van der Waals surface area contributed by atoms with Crippen molar-refractivity contribution < 1.29 is 9.90 Å². The molecule has 3 nitrogen and oxygen atoms in total. The number of aliphatic carboxylic acids is 1. The highest BCUT2D eigenvalue weighted by Crippen LogP contribution is 2.41. The molecule has 1 unspecified atom stereocenters. The first-order chi connectivity index (χ1) is 6.61. The van der Waals surface area contributed by atoms with E-state index in [1.165, 1.54) is 0 Å². The summed E-state index contributed by atoms with van der Waals surface area (Å²) < 4.78 is 1.94. The van der Waals surface area contributed by atoms with E-state index < -0.39 is 5.97 Å². The summed E-state index contributed by atoms with van der Waals surface area (Å²) in [6, 6.07) is 3.62. The van der Waals surface area contributed by atoms with Gasteiger partial charge in [-0.25, -0.2) is 4.79 Å². The standard InChI is InChI=1S/C11H15NO2/c1-7-3-4-8(2)12(7)10(11(13)14)9-5-6-9/h3-4,9-10H,5-6H2,1-2H3,(H,13,14). The topological polar surface area (TPSA) is 42.2 Å². The van der Waals surface area contributed by atoms with Gasteiger partial charge in [-0.15, -0.1) is 0 Å². The number of hydrogen-bond donors (Lipinski definition) is 1. The molecule has 0 radical (unpaired) electrons. The van der Waals surface area contributed by atoms with Crippen LogP contribution in [0.4, 0.5) is 0 Å². The van der Waals surface area contributed by atoms with Gasteiger partial charge in [-0.1, -0.05) is 0 Å². The molecule has 1 aromatic heterocycles. The molecule has 1 saturated carbocycles. The Morgan fingerprint density at radius 1 is 1.43 bits per heavy atom. The molecular weight excluding hydrogens is 178 g/mol. The van der Waals surface area contributed by atoms with E-state index in [1.807, 2.05) is 30.5 Å². The van der Waals surface area contributed by atoms with Crippen LogP contribution in [0.2, 0.25) is 0 Å². The predicted octanol–water partition coefficient (Wildman–Crippen LogP) is 2.14. The van der Waals surface area contributed by atoms with Crippen LogP contribution in [-0.4, -0.2) is 15.6 Å². The molecule has 1 aliphatic carbocycles. The lowest BCUT2D eigenvalue weighted by Gasteiger charge is -2.17. The number of rotatable bonds is 3. The SMILES string of the molecule is Cc1ccc(C)n1C(C(=O)O)C1CC1. The van der Waals surface area contributed by atoms with Crippen LogP contribution in [0.5, 0.6) is 0 Å². The van der Waals surface area contributed by atoms with Gasteiger partial charge in [0, 0.05) is 11.4 Å². The second-order valence-corrected chi connectivity index (χ2v) is 4.11. The summed E-state index contributed by atoms with van der Waals surface area (Å²) in [5.74, 6) is -0.354. The van der Waals surface area contributed by atoms with Crippen LogP contribution in [0.1, 0.15) is 30.3 Å². The molecule has 3 heteroatoms. The van der Waals surface area contributed by atoms with E-state index >= 15 is 0 Å². The Morgan fingerprint density at radius 2 is 1.93 bits per heavy atom. The molecule has 0 amide bonds. The van der Waals surface area contributed by atoms with Gasteiger partial charge in [-0.05, 0) is 44.7 Å². The van der Waals surface area contributed by atoms with Crippen molar-refractivity contribution in [3.8, 4) is 0 Å². The number of hydrogen-bond acceptors (Lipinski definition) is 1. The molecule has 1 heterocycles. The summed E-state index contributed by atoms with van der Waals surface area (Å²) in [6.45, 7) is 3.93. The number of aryl methyl sites for hydroxylation is 2. The first-order valence-electron chi connectivity index (χ1n) is 4.98. The second kappa shape index (κ2) is 3.15. The van der Waals surface area contributed by atoms with E-state index in [-0.39, 0.29) is 6.04 Å². The highest BCUT2D eigenvalue weighted by Gasteiger charge is 2.38. The van der Waals surface area contributed by atoms with Crippen LogP contribution in [-0.2, 0) is 4.79 Å². The van der Waals surface area contributed by atoms with E-state index in [4.69, 9.17) is 0 Å². The summed E-state index contributed by atoms with van der Waals surface area (Å²) in [7, 11) is 0. The van der Waals surface area contributed by atoms with Crippen molar-refractivity contribution in [3.05, 3.63) is 23.5 Å². The van der Waals surface area contributed by atoms with Gasteiger partial charge in [0.2, 0.25) is 0 Å². The minimum absolute atomic E-state index is 0.343. The van der Waals surface area contributed by atoms with Crippen LogP contribution < -0.4 is 0 Å². The number of carbonyl (C=O) groups is 1. The van der Waals surface area contributed by atoms with Crippen LogP contribution in [0, 0.1) is 19.8 Å². The lowest BCUT2D eigenvalue weighted by atomic mass is 10.1. The summed E-state index contributed by atoms with van der Waals surface area (Å²) in [6.07, 6.45) is 2.10. The largest absolute Gasteiger partial charge is 0.480 e. The average molecular weight is 193 g/mol. The predicted molar refractivity (Wildman–Crippen MR) is 53.3 cm³/mol. The molecule has 1 aromatic rings. The molecule has 0 spiro atoms. The minimum atomic E-state index is -0.699. The fourth-order valence-electron chi connectivity index (χ4n) is 2.05. The zero-order chi connectivity index (χ0) is 10.3. The van der Waals surface area contributed by atoms with E-state index in [0.29, 0.717) is 5.92 Å². The van der Waals surface area contributed by atoms with Gasteiger partial charge in [0.1, 0.15) is 6.04 Å². The zero-order valence-electron chi connectivity index (χ0n) is 8.53. The highest BCUT2D eigenvalue weighted by atomic mass is 16.4. The van der Waals surface area contributed by atoms with Gasteiger partial charge in [-0.2, -0.15) is 0 Å². The van der Waals surface area contributed by atoms with Gasteiger partial charge < -0.3 is 9.67 Å². The lowest BCUT2D eigenvalue weighted by Crippen LogP contribution is -2.22. The lowest BCUT2D eigenvalue weighted by molar-refractivity contribution is -0.141. The third-order valence-electron chi connectivity index (χ3n) is 2.93. The fourth-order valence-corrected chi connectivity index (χ4v) is 2.05. The fraction of sp³-hybridized carbons (Fsp3) is 0.545. The maximum Gasteiger partial charge on any atom is 0.326 e. The third-order valence-corrected chi connectivity index (χ3v) is 2.93. The summed E-state index contributed by atoms with van der Waals surface area (Å²) in [5.41, 5.74) is 2.09. The quantitative estimate of drug-likeness (QED) is 0.799. The minimum Gasteiger partial charge on any atom is -0.480 e. The first-order valence-corrected chi connectivity index (χ1v) is 4.98. The van der Waals surface area contributed by atoms with Crippen molar-refractivity contribution >= 4 is 5.97 Å². The Kier molecular flexibility index (Phi) is 2.10. The van der Waals surface area contributed by atoms with Crippen molar-refractivity contribution in [2.24, 2.45) is 5.92 Å². The van der Waals surface area contributed by atoms with Gasteiger partial charge in [0.05, 0.1) is 0 Å². The summed E-state index contributed by atoms with van der Waals surface area (Å²) >= 11 is 0. The first kappa shape index (κ1) is 9.31. The van der Waals surface area contributed by atoms with Crippen LogP contribution in [0.25, 0.3) is 0 Å². The number of nitrogens with zero attached hydrogens (tertiary/aromatic N) is 1.